The number of amides is 1. The third-order valence-electron chi connectivity index (χ3n) is 4.96. The highest BCUT2D eigenvalue weighted by molar-refractivity contribution is 5.91. The molecule has 0 unspecified atom stereocenters. The van der Waals surface area contributed by atoms with Crippen LogP contribution in [0, 0.1) is 0 Å². The molecule has 0 atom stereocenters. The highest BCUT2D eigenvalue weighted by atomic mass is 16.5. The van der Waals surface area contributed by atoms with E-state index >= 15 is 0 Å². The Morgan fingerprint density at radius 1 is 1.03 bits per heavy atom. The molecule has 0 spiro atoms. The molecule has 0 radical (unpaired) electrons. The molecule has 9 nitrogen and oxygen atoms in total. The van der Waals surface area contributed by atoms with Crippen LogP contribution in [0.15, 0.2) is 54.7 Å². The van der Waals surface area contributed by atoms with Gasteiger partial charge in [0.1, 0.15) is 17.3 Å². The van der Waals surface area contributed by atoms with Crippen LogP contribution in [0.4, 0.5) is 5.82 Å². The van der Waals surface area contributed by atoms with Gasteiger partial charge in [-0.15, -0.1) is 0 Å². The van der Waals surface area contributed by atoms with Crippen LogP contribution < -0.4 is 20.1 Å². The van der Waals surface area contributed by atoms with Crippen molar-refractivity contribution >= 4 is 22.6 Å². The number of aromatic nitrogens is 4. The number of H-pyrrole nitrogens is 1. The van der Waals surface area contributed by atoms with Gasteiger partial charge in [-0.1, -0.05) is 12.1 Å². The summed E-state index contributed by atoms with van der Waals surface area (Å²) in [5.41, 5.74) is 2.17. The van der Waals surface area contributed by atoms with Crippen LogP contribution in [0.5, 0.6) is 11.5 Å². The van der Waals surface area contributed by atoms with Crippen molar-refractivity contribution in [1.29, 1.82) is 0 Å². The smallest absolute Gasteiger partial charge is 0.258 e. The number of benzene rings is 2. The molecule has 35 heavy (non-hydrogen) atoms. The number of aromatic amines is 1. The molecule has 0 saturated heterocycles. The Balaban J connectivity index is 1.62. The monoisotopic (exact) mass is 474 g/mol. The molecule has 0 aliphatic carbocycles. The van der Waals surface area contributed by atoms with E-state index in [4.69, 9.17) is 19.4 Å². The number of ether oxygens (including phenoxy) is 2. The molecular weight excluding hydrogens is 444 g/mol. The first kappa shape index (κ1) is 24.0. The maximum absolute atomic E-state index is 12.1. The average molecular weight is 475 g/mol. The van der Waals surface area contributed by atoms with Crippen molar-refractivity contribution in [3.8, 4) is 22.9 Å². The van der Waals surface area contributed by atoms with Gasteiger partial charge in [0.2, 0.25) is 0 Å². The summed E-state index contributed by atoms with van der Waals surface area (Å²) in [6.07, 6.45) is 1.71. The molecule has 1 amide bonds. The zero-order valence-electron chi connectivity index (χ0n) is 20.4. The first-order chi connectivity index (χ1) is 16.8. The summed E-state index contributed by atoms with van der Waals surface area (Å²) in [5, 5.41) is 14.1. The average Bonchev–Trinajstić information content (AvgIpc) is 3.34. The molecular formula is C26H30N6O3. The number of nitrogens with one attached hydrogen (secondary N) is 3. The number of carbonyl (C=O) groups excluding carboxylic acids is 1. The van der Waals surface area contributed by atoms with Crippen molar-refractivity contribution in [1.82, 2.24) is 25.5 Å². The van der Waals surface area contributed by atoms with E-state index < -0.39 is 0 Å². The van der Waals surface area contributed by atoms with Gasteiger partial charge < -0.3 is 20.1 Å². The van der Waals surface area contributed by atoms with Crippen LogP contribution in [0.2, 0.25) is 0 Å². The standard InChI is InChI=1S/C26H30N6O3/c1-5-34-20-9-10-22-21(14-20)25(27-15-18-11-12-28-32-18)30-24(29-22)17-7-6-8-19(13-17)35-16-23(33)31-26(2,3)4/h6-14H,5,15-16H2,1-4H3,(H,28,32)(H,31,33)(H,27,29,30). The predicted octanol–water partition coefficient (Wildman–Crippen LogP) is 4.32. The molecule has 9 heteroatoms. The van der Waals surface area contributed by atoms with E-state index in [0.717, 1.165) is 27.9 Å². The molecule has 4 aromatic rings. The summed E-state index contributed by atoms with van der Waals surface area (Å²) >= 11 is 0. The van der Waals surface area contributed by atoms with Crippen LogP contribution in [0.25, 0.3) is 22.3 Å². The lowest BCUT2D eigenvalue weighted by molar-refractivity contribution is -0.124. The Morgan fingerprint density at radius 2 is 1.86 bits per heavy atom. The van der Waals surface area contributed by atoms with Crippen molar-refractivity contribution in [2.24, 2.45) is 0 Å². The highest BCUT2D eigenvalue weighted by Gasteiger charge is 2.15. The van der Waals surface area contributed by atoms with Crippen molar-refractivity contribution in [3.63, 3.8) is 0 Å². The third-order valence-corrected chi connectivity index (χ3v) is 4.96. The van der Waals surface area contributed by atoms with E-state index in [0.29, 0.717) is 30.5 Å². The summed E-state index contributed by atoms with van der Waals surface area (Å²) in [5.74, 6) is 2.36. The summed E-state index contributed by atoms with van der Waals surface area (Å²) in [7, 11) is 0. The van der Waals surface area contributed by atoms with Gasteiger partial charge in [-0.25, -0.2) is 9.97 Å². The largest absolute Gasteiger partial charge is 0.494 e. The number of carbonyl (C=O) groups is 1. The van der Waals surface area contributed by atoms with E-state index in [9.17, 15) is 4.79 Å². The zero-order chi connectivity index (χ0) is 24.8. The summed E-state index contributed by atoms with van der Waals surface area (Å²) in [6, 6.07) is 15.1. The summed E-state index contributed by atoms with van der Waals surface area (Å²) in [4.78, 5) is 21.7. The van der Waals surface area contributed by atoms with Crippen molar-refractivity contribution in [2.75, 3.05) is 18.5 Å². The first-order valence-corrected chi connectivity index (χ1v) is 11.5. The molecule has 0 bridgehead atoms. The Hall–Kier alpha value is -4.14. The quantitative estimate of drug-likeness (QED) is 0.331. The molecule has 2 aromatic carbocycles. The van der Waals surface area contributed by atoms with Crippen molar-refractivity contribution < 1.29 is 14.3 Å². The van der Waals surface area contributed by atoms with Crippen LogP contribution >= 0.6 is 0 Å². The first-order valence-electron chi connectivity index (χ1n) is 11.5. The molecule has 0 saturated carbocycles. The minimum Gasteiger partial charge on any atom is -0.494 e. The Bertz CT molecular complexity index is 1300. The Kier molecular flexibility index (Phi) is 7.14. The summed E-state index contributed by atoms with van der Waals surface area (Å²) < 4.78 is 11.4. The van der Waals surface area contributed by atoms with Crippen LogP contribution in [0.1, 0.15) is 33.4 Å². The number of nitrogens with zero attached hydrogens (tertiary/aromatic N) is 3. The SMILES string of the molecule is CCOc1ccc2nc(-c3cccc(OCC(=O)NC(C)(C)C)c3)nc(NCc3ccn[nH]3)c2c1. The fourth-order valence-electron chi connectivity index (χ4n) is 3.52. The number of hydrogen-bond acceptors (Lipinski definition) is 7. The molecule has 3 N–H and O–H groups in total. The minimum atomic E-state index is -0.317. The van der Waals surface area contributed by atoms with E-state index in [1.54, 1.807) is 12.3 Å². The van der Waals surface area contributed by atoms with Gasteiger partial charge in [0.25, 0.3) is 5.91 Å². The lowest BCUT2D eigenvalue weighted by atomic mass is 10.1. The Morgan fingerprint density at radius 3 is 2.60 bits per heavy atom. The molecule has 2 heterocycles. The van der Waals surface area contributed by atoms with E-state index in [1.165, 1.54) is 0 Å². The second-order valence-corrected chi connectivity index (χ2v) is 9.06. The van der Waals surface area contributed by atoms with Gasteiger partial charge in [0.15, 0.2) is 12.4 Å². The molecule has 0 aliphatic rings. The summed E-state index contributed by atoms with van der Waals surface area (Å²) in [6.45, 7) is 8.76. The fourth-order valence-corrected chi connectivity index (χ4v) is 3.52. The molecule has 2 aromatic heterocycles. The van der Waals surface area contributed by atoms with E-state index in [-0.39, 0.29) is 18.1 Å². The van der Waals surface area contributed by atoms with Gasteiger partial charge in [-0.05, 0) is 64.1 Å². The van der Waals surface area contributed by atoms with Gasteiger partial charge in [0, 0.05) is 22.7 Å². The lowest BCUT2D eigenvalue weighted by Crippen LogP contribution is -2.43. The topological polar surface area (TPSA) is 114 Å². The van der Waals surface area contributed by atoms with Gasteiger partial charge >= 0.3 is 0 Å². The van der Waals surface area contributed by atoms with Crippen LogP contribution in [-0.2, 0) is 11.3 Å². The number of hydrogen-bond donors (Lipinski definition) is 3. The van der Waals surface area contributed by atoms with Gasteiger partial charge in [-0.3, -0.25) is 9.89 Å². The van der Waals surface area contributed by atoms with Crippen molar-refractivity contribution in [3.05, 3.63) is 60.4 Å². The normalized spacial score (nSPS) is 11.3. The molecule has 182 valence electrons. The van der Waals surface area contributed by atoms with E-state index in [2.05, 4.69) is 20.8 Å². The predicted molar refractivity (Wildman–Crippen MR) is 135 cm³/mol. The highest BCUT2D eigenvalue weighted by Crippen LogP contribution is 2.30. The third kappa shape index (κ3) is 6.47. The van der Waals surface area contributed by atoms with Crippen LogP contribution in [0.3, 0.4) is 0 Å². The maximum Gasteiger partial charge on any atom is 0.258 e. The van der Waals surface area contributed by atoms with E-state index in [1.807, 2.05) is 70.2 Å². The fraction of sp³-hybridized carbons (Fsp3) is 0.308. The second kappa shape index (κ2) is 10.4. The zero-order valence-corrected chi connectivity index (χ0v) is 20.4. The number of anilines is 1. The second-order valence-electron chi connectivity index (χ2n) is 9.06. The number of rotatable bonds is 9. The minimum absolute atomic E-state index is 0.0729. The molecule has 0 fully saturated rings. The molecule has 4 rings (SSSR count). The maximum atomic E-state index is 12.1. The molecule has 0 aliphatic heterocycles. The lowest BCUT2D eigenvalue weighted by Gasteiger charge is -2.20. The van der Waals surface area contributed by atoms with Crippen LogP contribution in [-0.4, -0.2) is 44.8 Å². The van der Waals surface area contributed by atoms with Gasteiger partial charge in [-0.2, -0.15) is 5.10 Å². The number of fused-ring (bicyclic) bond motifs is 1. The van der Waals surface area contributed by atoms with Crippen molar-refractivity contribution in [2.45, 2.75) is 39.8 Å². The Labute approximate surface area is 204 Å². The van der Waals surface area contributed by atoms with Gasteiger partial charge in [0.05, 0.1) is 24.4 Å².